The van der Waals surface area contributed by atoms with Crippen LogP contribution < -0.4 is 5.32 Å². The van der Waals surface area contributed by atoms with Crippen LogP contribution in [0.25, 0.3) is 0 Å². The molecule has 0 aromatic carbocycles. The van der Waals surface area contributed by atoms with E-state index in [0.717, 1.165) is 51.7 Å². The van der Waals surface area contributed by atoms with Crippen molar-refractivity contribution < 1.29 is 14.3 Å². The Hall–Kier alpha value is -0.810. The van der Waals surface area contributed by atoms with Gasteiger partial charge in [0.15, 0.2) is 0 Å². The third-order valence-corrected chi connectivity index (χ3v) is 4.36. The largest absolute Gasteiger partial charge is 0.444 e. The summed E-state index contributed by atoms with van der Waals surface area (Å²) in [6, 6.07) is 0. The van der Waals surface area contributed by atoms with Crippen molar-refractivity contribution in [2.24, 2.45) is 11.8 Å². The highest BCUT2D eigenvalue weighted by molar-refractivity contribution is 5.68. The number of amides is 1. The maximum Gasteiger partial charge on any atom is 0.410 e. The minimum Gasteiger partial charge on any atom is -0.444 e. The summed E-state index contributed by atoms with van der Waals surface area (Å²) in [6.45, 7) is 11.3. The minimum absolute atomic E-state index is 0.166. The number of likely N-dealkylation sites (tertiary alicyclic amines) is 1. The highest BCUT2D eigenvalue weighted by atomic mass is 16.6. The fraction of sp³-hybridized carbons (Fsp3) is 0.941. The van der Waals surface area contributed by atoms with Crippen molar-refractivity contribution in [3.63, 3.8) is 0 Å². The molecule has 2 rings (SSSR count). The minimum atomic E-state index is -0.411. The molecule has 22 heavy (non-hydrogen) atoms. The molecule has 0 aliphatic carbocycles. The SMILES string of the molecule is CC(C)(C)OC(=O)N1CCCC(CNCCC2CCOC2)C1. The molecule has 5 nitrogen and oxygen atoms in total. The first-order valence-corrected chi connectivity index (χ1v) is 8.70. The van der Waals surface area contributed by atoms with Crippen molar-refractivity contribution >= 4 is 6.09 Å². The monoisotopic (exact) mass is 312 g/mol. The number of rotatable bonds is 5. The Morgan fingerprint density at radius 3 is 2.82 bits per heavy atom. The molecule has 0 aromatic rings. The average Bonchev–Trinajstić information content (AvgIpc) is 2.95. The number of nitrogens with zero attached hydrogens (tertiary/aromatic N) is 1. The lowest BCUT2D eigenvalue weighted by atomic mass is 9.98. The Kier molecular flexibility index (Phi) is 6.50. The molecule has 0 radical (unpaired) electrons. The van der Waals surface area contributed by atoms with E-state index in [1.54, 1.807) is 0 Å². The molecule has 5 heteroatoms. The summed E-state index contributed by atoms with van der Waals surface area (Å²) in [6.07, 6.45) is 4.50. The van der Waals surface area contributed by atoms with Crippen LogP contribution in [0.1, 0.15) is 46.5 Å². The van der Waals surface area contributed by atoms with E-state index in [9.17, 15) is 4.79 Å². The first kappa shape index (κ1) is 17.5. The molecule has 2 fully saturated rings. The van der Waals surface area contributed by atoms with E-state index in [0.29, 0.717) is 5.92 Å². The maximum absolute atomic E-state index is 12.1. The van der Waals surface area contributed by atoms with Gasteiger partial charge in [0, 0.05) is 26.3 Å². The summed E-state index contributed by atoms with van der Waals surface area (Å²) >= 11 is 0. The topological polar surface area (TPSA) is 50.8 Å². The van der Waals surface area contributed by atoms with E-state index >= 15 is 0 Å². The second-order valence-corrected chi connectivity index (χ2v) is 7.66. The number of hydrogen-bond acceptors (Lipinski definition) is 4. The lowest BCUT2D eigenvalue weighted by Gasteiger charge is -2.34. The Bertz CT molecular complexity index is 348. The van der Waals surface area contributed by atoms with Crippen LogP contribution in [0, 0.1) is 11.8 Å². The van der Waals surface area contributed by atoms with E-state index in [1.807, 2.05) is 25.7 Å². The predicted octanol–water partition coefficient (Wildman–Crippen LogP) is 2.65. The summed E-state index contributed by atoms with van der Waals surface area (Å²) in [5, 5.41) is 3.56. The summed E-state index contributed by atoms with van der Waals surface area (Å²) < 4.78 is 10.9. The van der Waals surface area contributed by atoms with Gasteiger partial charge in [0.25, 0.3) is 0 Å². The van der Waals surface area contributed by atoms with Gasteiger partial charge in [-0.1, -0.05) is 0 Å². The second kappa shape index (κ2) is 8.16. The van der Waals surface area contributed by atoms with E-state index in [-0.39, 0.29) is 6.09 Å². The molecule has 0 saturated carbocycles. The molecule has 2 aliphatic heterocycles. The van der Waals surface area contributed by atoms with Crippen molar-refractivity contribution in [1.29, 1.82) is 0 Å². The maximum atomic E-state index is 12.1. The van der Waals surface area contributed by atoms with E-state index in [2.05, 4.69) is 5.32 Å². The first-order chi connectivity index (χ1) is 10.4. The third kappa shape index (κ3) is 6.13. The van der Waals surface area contributed by atoms with E-state index in [4.69, 9.17) is 9.47 Å². The molecule has 0 aromatic heterocycles. The average molecular weight is 312 g/mol. The fourth-order valence-corrected chi connectivity index (χ4v) is 3.15. The predicted molar refractivity (Wildman–Crippen MR) is 86.9 cm³/mol. The molecule has 2 saturated heterocycles. The van der Waals surface area contributed by atoms with Crippen molar-refractivity contribution in [2.75, 3.05) is 39.4 Å². The number of piperidine rings is 1. The third-order valence-electron chi connectivity index (χ3n) is 4.36. The van der Waals surface area contributed by atoms with Crippen molar-refractivity contribution in [3.8, 4) is 0 Å². The van der Waals surface area contributed by atoms with Gasteiger partial charge in [-0.2, -0.15) is 0 Å². The van der Waals surface area contributed by atoms with Gasteiger partial charge in [0.05, 0.1) is 0 Å². The van der Waals surface area contributed by atoms with Crippen LogP contribution in [0.4, 0.5) is 4.79 Å². The highest BCUT2D eigenvalue weighted by Gasteiger charge is 2.27. The zero-order chi connectivity index (χ0) is 16.0. The summed E-state index contributed by atoms with van der Waals surface area (Å²) in [5.74, 6) is 1.28. The Labute approximate surface area is 134 Å². The summed E-state index contributed by atoms with van der Waals surface area (Å²) in [4.78, 5) is 14.0. The van der Waals surface area contributed by atoms with Crippen molar-refractivity contribution in [2.45, 2.75) is 52.1 Å². The number of hydrogen-bond donors (Lipinski definition) is 1. The van der Waals surface area contributed by atoms with Crippen LogP contribution in [0.5, 0.6) is 0 Å². The zero-order valence-corrected chi connectivity index (χ0v) is 14.4. The standard InChI is InChI=1S/C17H32N2O3/c1-17(2,3)22-16(20)19-9-4-5-15(12-19)11-18-8-6-14-7-10-21-13-14/h14-15,18H,4-13H2,1-3H3. The summed E-state index contributed by atoms with van der Waals surface area (Å²) in [7, 11) is 0. The van der Waals surface area contributed by atoms with E-state index in [1.165, 1.54) is 19.3 Å². The van der Waals surface area contributed by atoms with Gasteiger partial charge in [-0.3, -0.25) is 0 Å². The first-order valence-electron chi connectivity index (χ1n) is 8.70. The van der Waals surface area contributed by atoms with Crippen LogP contribution in [0.2, 0.25) is 0 Å². The van der Waals surface area contributed by atoms with Gasteiger partial charge in [-0.15, -0.1) is 0 Å². The number of carbonyl (C=O) groups excluding carboxylic acids is 1. The van der Waals surface area contributed by atoms with Crippen molar-refractivity contribution in [1.82, 2.24) is 10.2 Å². The van der Waals surface area contributed by atoms with Crippen LogP contribution in [-0.2, 0) is 9.47 Å². The number of ether oxygens (including phenoxy) is 2. The molecule has 128 valence electrons. The molecule has 0 spiro atoms. The highest BCUT2D eigenvalue weighted by Crippen LogP contribution is 2.19. The Balaban J connectivity index is 1.63. The second-order valence-electron chi connectivity index (χ2n) is 7.66. The normalized spacial score (nSPS) is 26.2. The summed E-state index contributed by atoms with van der Waals surface area (Å²) in [5.41, 5.74) is -0.411. The molecule has 1 N–H and O–H groups in total. The van der Waals surface area contributed by atoms with Gasteiger partial charge < -0.3 is 19.7 Å². The number of carbonyl (C=O) groups is 1. The molecule has 2 aliphatic rings. The quantitative estimate of drug-likeness (QED) is 0.793. The lowest BCUT2D eigenvalue weighted by molar-refractivity contribution is 0.0166. The van der Waals surface area contributed by atoms with Crippen LogP contribution in [-0.4, -0.2) is 56.0 Å². The number of nitrogens with one attached hydrogen (secondary N) is 1. The lowest BCUT2D eigenvalue weighted by Crippen LogP contribution is -2.45. The Morgan fingerprint density at radius 1 is 1.32 bits per heavy atom. The molecule has 2 atom stereocenters. The van der Waals surface area contributed by atoms with E-state index < -0.39 is 5.60 Å². The van der Waals surface area contributed by atoms with Gasteiger partial charge >= 0.3 is 6.09 Å². The molecule has 2 unspecified atom stereocenters. The van der Waals surface area contributed by atoms with Gasteiger partial charge in [0.2, 0.25) is 0 Å². The van der Waals surface area contributed by atoms with Crippen molar-refractivity contribution in [3.05, 3.63) is 0 Å². The fourth-order valence-electron chi connectivity index (χ4n) is 3.15. The van der Waals surface area contributed by atoms with Gasteiger partial charge in [0.1, 0.15) is 5.60 Å². The Morgan fingerprint density at radius 2 is 2.14 bits per heavy atom. The zero-order valence-electron chi connectivity index (χ0n) is 14.4. The molecule has 0 bridgehead atoms. The molecular formula is C17H32N2O3. The van der Waals surface area contributed by atoms with Crippen LogP contribution >= 0.6 is 0 Å². The molecule has 1 amide bonds. The smallest absolute Gasteiger partial charge is 0.410 e. The van der Waals surface area contributed by atoms with Crippen LogP contribution in [0.3, 0.4) is 0 Å². The molecular weight excluding hydrogens is 280 g/mol. The van der Waals surface area contributed by atoms with Crippen LogP contribution in [0.15, 0.2) is 0 Å². The molecule has 2 heterocycles. The van der Waals surface area contributed by atoms with Gasteiger partial charge in [-0.05, 0) is 71.4 Å². The van der Waals surface area contributed by atoms with Gasteiger partial charge in [-0.25, -0.2) is 4.79 Å².